The lowest BCUT2D eigenvalue weighted by atomic mass is 9.80. The van der Waals surface area contributed by atoms with Crippen LogP contribution in [0.3, 0.4) is 0 Å². The van der Waals surface area contributed by atoms with E-state index in [9.17, 15) is 9.18 Å². The van der Waals surface area contributed by atoms with E-state index in [2.05, 4.69) is 6.92 Å². The summed E-state index contributed by atoms with van der Waals surface area (Å²) >= 11 is 0. The zero-order valence-electron chi connectivity index (χ0n) is 10.7. The van der Waals surface area contributed by atoms with Crippen molar-refractivity contribution >= 4 is 5.91 Å². The van der Waals surface area contributed by atoms with E-state index in [0.29, 0.717) is 12.1 Å². The van der Waals surface area contributed by atoms with Crippen LogP contribution in [0.15, 0.2) is 24.3 Å². The molecule has 0 bridgehead atoms. The van der Waals surface area contributed by atoms with E-state index in [4.69, 9.17) is 5.73 Å². The molecule has 1 saturated heterocycles. The van der Waals surface area contributed by atoms with Crippen LogP contribution in [0.2, 0.25) is 0 Å². The SMILES string of the molecule is CC1(CN)CCN(C(=O)c2ccc(F)cc2)CC1. The number of halogens is 1. The summed E-state index contributed by atoms with van der Waals surface area (Å²) in [6, 6.07) is 5.71. The maximum Gasteiger partial charge on any atom is 0.253 e. The highest BCUT2D eigenvalue weighted by Gasteiger charge is 2.30. The van der Waals surface area contributed by atoms with E-state index in [1.807, 2.05) is 4.90 Å². The van der Waals surface area contributed by atoms with E-state index in [-0.39, 0.29) is 17.1 Å². The number of hydrogen-bond acceptors (Lipinski definition) is 2. The number of nitrogens with zero attached hydrogens (tertiary/aromatic N) is 1. The second-order valence-corrected chi connectivity index (χ2v) is 5.31. The summed E-state index contributed by atoms with van der Waals surface area (Å²) in [6.07, 6.45) is 1.85. The van der Waals surface area contributed by atoms with Gasteiger partial charge in [0.15, 0.2) is 0 Å². The summed E-state index contributed by atoms with van der Waals surface area (Å²) in [4.78, 5) is 14.0. The highest BCUT2D eigenvalue weighted by atomic mass is 19.1. The molecule has 0 unspecified atom stereocenters. The highest BCUT2D eigenvalue weighted by Crippen LogP contribution is 2.29. The fourth-order valence-electron chi connectivity index (χ4n) is 2.23. The molecule has 1 heterocycles. The van der Waals surface area contributed by atoms with Gasteiger partial charge in [0.05, 0.1) is 0 Å². The minimum absolute atomic E-state index is 0.0194. The standard InChI is InChI=1S/C14H19FN2O/c1-14(10-16)6-8-17(9-7-14)13(18)11-2-4-12(15)5-3-11/h2-5H,6-10,16H2,1H3. The molecule has 1 aliphatic rings. The topological polar surface area (TPSA) is 46.3 Å². The molecule has 3 nitrogen and oxygen atoms in total. The zero-order valence-corrected chi connectivity index (χ0v) is 10.7. The number of piperidine rings is 1. The van der Waals surface area contributed by atoms with Gasteiger partial charge in [-0.3, -0.25) is 4.79 Å². The molecule has 0 radical (unpaired) electrons. The van der Waals surface area contributed by atoms with Crippen LogP contribution in [0.5, 0.6) is 0 Å². The lowest BCUT2D eigenvalue weighted by Crippen LogP contribution is -2.44. The monoisotopic (exact) mass is 250 g/mol. The van der Waals surface area contributed by atoms with Crippen LogP contribution >= 0.6 is 0 Å². The van der Waals surface area contributed by atoms with Gasteiger partial charge >= 0.3 is 0 Å². The number of nitrogens with two attached hydrogens (primary N) is 1. The summed E-state index contributed by atoms with van der Waals surface area (Å²) < 4.78 is 12.8. The number of amides is 1. The van der Waals surface area contributed by atoms with Crippen molar-refractivity contribution in [3.05, 3.63) is 35.6 Å². The molecule has 0 aromatic heterocycles. The molecule has 1 fully saturated rings. The Balaban J connectivity index is 2.01. The van der Waals surface area contributed by atoms with Gasteiger partial charge in [-0.2, -0.15) is 0 Å². The first kappa shape index (κ1) is 13.0. The minimum Gasteiger partial charge on any atom is -0.339 e. The zero-order chi connectivity index (χ0) is 13.2. The fourth-order valence-corrected chi connectivity index (χ4v) is 2.23. The van der Waals surface area contributed by atoms with E-state index < -0.39 is 0 Å². The van der Waals surface area contributed by atoms with E-state index in [1.165, 1.54) is 24.3 Å². The van der Waals surface area contributed by atoms with Gasteiger partial charge in [0, 0.05) is 18.7 Å². The lowest BCUT2D eigenvalue weighted by Gasteiger charge is -2.38. The largest absolute Gasteiger partial charge is 0.339 e. The molecule has 1 aliphatic heterocycles. The Morgan fingerprint density at radius 2 is 1.89 bits per heavy atom. The molecule has 98 valence electrons. The van der Waals surface area contributed by atoms with Crippen molar-refractivity contribution < 1.29 is 9.18 Å². The summed E-state index contributed by atoms with van der Waals surface area (Å²) in [5.74, 6) is -0.338. The smallest absolute Gasteiger partial charge is 0.253 e. The predicted octanol–water partition coefficient (Wildman–Crippen LogP) is 2.03. The van der Waals surface area contributed by atoms with Crippen LogP contribution in [-0.2, 0) is 0 Å². The van der Waals surface area contributed by atoms with E-state index in [0.717, 1.165) is 25.9 Å². The average molecular weight is 250 g/mol. The average Bonchev–Trinajstić information content (AvgIpc) is 2.40. The van der Waals surface area contributed by atoms with Gasteiger partial charge in [0.25, 0.3) is 5.91 Å². The van der Waals surface area contributed by atoms with Crippen LogP contribution in [0.1, 0.15) is 30.1 Å². The number of hydrogen-bond donors (Lipinski definition) is 1. The molecule has 1 amide bonds. The highest BCUT2D eigenvalue weighted by molar-refractivity contribution is 5.94. The molecule has 2 N–H and O–H groups in total. The summed E-state index contributed by atoms with van der Waals surface area (Å²) in [7, 11) is 0. The van der Waals surface area contributed by atoms with Gasteiger partial charge in [-0.05, 0) is 49.1 Å². The van der Waals surface area contributed by atoms with Crippen LogP contribution < -0.4 is 5.73 Å². The predicted molar refractivity (Wildman–Crippen MR) is 68.7 cm³/mol. The third kappa shape index (κ3) is 2.70. The first-order valence-electron chi connectivity index (χ1n) is 6.29. The Hall–Kier alpha value is -1.42. The maximum absolute atomic E-state index is 12.8. The number of carbonyl (C=O) groups is 1. The van der Waals surface area contributed by atoms with Crippen molar-refractivity contribution in [2.45, 2.75) is 19.8 Å². The minimum atomic E-state index is -0.319. The fraction of sp³-hybridized carbons (Fsp3) is 0.500. The molecule has 1 aromatic carbocycles. The molecular weight excluding hydrogens is 231 g/mol. The van der Waals surface area contributed by atoms with Crippen molar-refractivity contribution in [1.82, 2.24) is 4.90 Å². The Labute approximate surface area is 107 Å². The van der Waals surface area contributed by atoms with Crippen LogP contribution in [-0.4, -0.2) is 30.4 Å². The van der Waals surface area contributed by atoms with Gasteiger partial charge in [0.1, 0.15) is 5.82 Å². The van der Waals surface area contributed by atoms with E-state index >= 15 is 0 Å². The molecule has 0 saturated carbocycles. The molecule has 2 rings (SSSR count). The molecule has 0 aliphatic carbocycles. The summed E-state index contributed by atoms with van der Waals surface area (Å²) in [6.45, 7) is 4.27. The number of rotatable bonds is 2. The van der Waals surface area contributed by atoms with Crippen LogP contribution in [0, 0.1) is 11.2 Å². The number of likely N-dealkylation sites (tertiary alicyclic amines) is 1. The second-order valence-electron chi connectivity index (χ2n) is 5.31. The first-order valence-corrected chi connectivity index (χ1v) is 6.29. The third-order valence-electron chi connectivity index (χ3n) is 3.84. The Morgan fingerprint density at radius 1 is 1.33 bits per heavy atom. The van der Waals surface area contributed by atoms with Crippen LogP contribution in [0.4, 0.5) is 4.39 Å². The molecule has 4 heteroatoms. The van der Waals surface area contributed by atoms with Gasteiger partial charge in [-0.25, -0.2) is 4.39 Å². The molecule has 0 atom stereocenters. The van der Waals surface area contributed by atoms with Crippen molar-refractivity contribution in [1.29, 1.82) is 0 Å². The normalized spacial score (nSPS) is 18.7. The molecule has 18 heavy (non-hydrogen) atoms. The van der Waals surface area contributed by atoms with Crippen molar-refractivity contribution in [3.8, 4) is 0 Å². The second kappa shape index (κ2) is 5.06. The van der Waals surface area contributed by atoms with E-state index in [1.54, 1.807) is 0 Å². The van der Waals surface area contributed by atoms with Crippen molar-refractivity contribution in [2.24, 2.45) is 11.1 Å². The molecular formula is C14H19FN2O. The maximum atomic E-state index is 12.8. The number of benzene rings is 1. The van der Waals surface area contributed by atoms with Gasteiger partial charge in [0.2, 0.25) is 0 Å². The van der Waals surface area contributed by atoms with Gasteiger partial charge < -0.3 is 10.6 Å². The Kier molecular flexibility index (Phi) is 3.66. The lowest BCUT2D eigenvalue weighted by molar-refractivity contribution is 0.0617. The Bertz CT molecular complexity index is 422. The Morgan fingerprint density at radius 3 is 2.39 bits per heavy atom. The van der Waals surface area contributed by atoms with Crippen LogP contribution in [0.25, 0.3) is 0 Å². The third-order valence-corrected chi connectivity index (χ3v) is 3.84. The number of carbonyl (C=O) groups excluding carboxylic acids is 1. The molecule has 1 aromatic rings. The first-order chi connectivity index (χ1) is 8.54. The van der Waals surface area contributed by atoms with Gasteiger partial charge in [-0.15, -0.1) is 0 Å². The van der Waals surface area contributed by atoms with Crippen molar-refractivity contribution in [3.63, 3.8) is 0 Å². The van der Waals surface area contributed by atoms with Crippen molar-refractivity contribution in [2.75, 3.05) is 19.6 Å². The summed E-state index contributed by atoms with van der Waals surface area (Å²) in [5.41, 5.74) is 6.44. The summed E-state index contributed by atoms with van der Waals surface area (Å²) in [5, 5.41) is 0. The quantitative estimate of drug-likeness (QED) is 0.873. The molecule has 0 spiro atoms. The van der Waals surface area contributed by atoms with Gasteiger partial charge in [-0.1, -0.05) is 6.92 Å².